The third-order valence-corrected chi connectivity index (χ3v) is 7.84. The van der Waals surface area contributed by atoms with Crippen molar-refractivity contribution in [3.63, 3.8) is 0 Å². The second-order valence-corrected chi connectivity index (χ2v) is 11.0. The number of aromatic nitrogens is 2. The molecule has 31 heavy (non-hydrogen) atoms. The summed E-state index contributed by atoms with van der Waals surface area (Å²) in [5.74, 6) is -1.18. The van der Waals surface area contributed by atoms with Crippen LogP contribution < -0.4 is 5.32 Å². The van der Waals surface area contributed by atoms with Gasteiger partial charge in [-0.3, -0.25) is 10.1 Å². The smallest absolute Gasteiger partial charge is 0.322 e. The maximum Gasteiger partial charge on any atom is 0.322 e. The summed E-state index contributed by atoms with van der Waals surface area (Å²) in [5, 5.41) is 9.70. The van der Waals surface area contributed by atoms with Crippen molar-refractivity contribution in [2.75, 3.05) is 16.8 Å². The summed E-state index contributed by atoms with van der Waals surface area (Å²) in [5.41, 5.74) is 0.931. The van der Waals surface area contributed by atoms with E-state index < -0.39 is 25.6 Å². The second kappa shape index (κ2) is 9.40. The summed E-state index contributed by atoms with van der Waals surface area (Å²) in [6.45, 7) is 1.85. The molecule has 0 fully saturated rings. The van der Waals surface area contributed by atoms with Crippen molar-refractivity contribution < 1.29 is 26.0 Å². The standard InChI is InChI=1S/C20H21N3O6S2/c1-15-7-9-17(10-8-15)30(25,26)13-11-18(24)21-20-23-22-19(29-20)12-14-31(27,28)16-5-3-2-4-6-16/h2-10H,11-14H2,1H3,(H,21,23,24). The van der Waals surface area contributed by atoms with E-state index >= 15 is 0 Å². The fraction of sp³-hybridized carbons (Fsp3) is 0.250. The van der Waals surface area contributed by atoms with Crippen LogP contribution in [-0.4, -0.2) is 44.4 Å². The normalized spacial score (nSPS) is 11.9. The van der Waals surface area contributed by atoms with Crippen LogP contribution in [0.15, 0.2) is 68.8 Å². The molecule has 0 aliphatic carbocycles. The van der Waals surface area contributed by atoms with Crippen molar-refractivity contribution in [1.82, 2.24) is 10.2 Å². The van der Waals surface area contributed by atoms with Gasteiger partial charge in [-0.1, -0.05) is 41.0 Å². The van der Waals surface area contributed by atoms with Gasteiger partial charge in [0.1, 0.15) is 0 Å². The highest BCUT2D eigenvalue weighted by molar-refractivity contribution is 7.91. The molecule has 0 bridgehead atoms. The molecule has 0 spiro atoms. The van der Waals surface area contributed by atoms with Crippen molar-refractivity contribution >= 4 is 31.6 Å². The lowest BCUT2D eigenvalue weighted by atomic mass is 10.2. The van der Waals surface area contributed by atoms with E-state index in [1.165, 1.54) is 24.3 Å². The molecule has 0 saturated carbocycles. The Labute approximate surface area is 180 Å². The lowest BCUT2D eigenvalue weighted by molar-refractivity contribution is -0.116. The highest BCUT2D eigenvalue weighted by atomic mass is 32.2. The third-order valence-electron chi connectivity index (χ3n) is 4.38. The number of sulfone groups is 2. The molecule has 1 N–H and O–H groups in total. The number of carbonyl (C=O) groups is 1. The largest absolute Gasteiger partial charge is 0.408 e. The van der Waals surface area contributed by atoms with Gasteiger partial charge in [0.25, 0.3) is 0 Å². The lowest BCUT2D eigenvalue weighted by Gasteiger charge is -2.04. The van der Waals surface area contributed by atoms with E-state index in [2.05, 4.69) is 15.5 Å². The Hall–Kier alpha value is -3.05. The Balaban J connectivity index is 1.52. The maximum atomic E-state index is 12.3. The van der Waals surface area contributed by atoms with Gasteiger partial charge < -0.3 is 4.42 Å². The molecule has 0 aliphatic heterocycles. The van der Waals surface area contributed by atoms with E-state index in [1.807, 2.05) is 6.92 Å². The molecular formula is C20H21N3O6S2. The minimum absolute atomic E-state index is 0.0259. The Morgan fingerprint density at radius 3 is 2.16 bits per heavy atom. The summed E-state index contributed by atoms with van der Waals surface area (Å²) < 4.78 is 54.4. The Kier molecular flexibility index (Phi) is 6.86. The van der Waals surface area contributed by atoms with Crippen molar-refractivity contribution in [3.05, 3.63) is 66.1 Å². The van der Waals surface area contributed by atoms with Gasteiger partial charge in [0, 0.05) is 12.8 Å². The van der Waals surface area contributed by atoms with Crippen LogP contribution in [0.3, 0.4) is 0 Å². The number of benzene rings is 2. The van der Waals surface area contributed by atoms with Crippen molar-refractivity contribution in [1.29, 1.82) is 0 Å². The number of nitrogens with zero attached hydrogens (tertiary/aromatic N) is 2. The molecule has 1 heterocycles. The first kappa shape index (κ1) is 22.6. The Morgan fingerprint density at radius 1 is 0.871 bits per heavy atom. The van der Waals surface area contributed by atoms with Crippen LogP contribution in [0.4, 0.5) is 6.01 Å². The summed E-state index contributed by atoms with van der Waals surface area (Å²) in [7, 11) is -7.11. The predicted octanol–water partition coefficient (Wildman–Crippen LogP) is 2.20. The predicted molar refractivity (Wildman–Crippen MR) is 113 cm³/mol. The zero-order valence-electron chi connectivity index (χ0n) is 16.7. The van der Waals surface area contributed by atoms with Crippen LogP contribution in [0.25, 0.3) is 0 Å². The second-order valence-electron chi connectivity index (χ2n) is 6.81. The van der Waals surface area contributed by atoms with E-state index in [9.17, 15) is 21.6 Å². The molecule has 0 saturated heterocycles. The molecule has 0 atom stereocenters. The summed E-state index contributed by atoms with van der Waals surface area (Å²) in [6.07, 6.45) is -0.321. The number of hydrogen-bond donors (Lipinski definition) is 1. The first-order chi connectivity index (χ1) is 14.7. The Bertz CT molecular complexity index is 1250. The van der Waals surface area contributed by atoms with E-state index in [-0.39, 0.29) is 46.0 Å². The monoisotopic (exact) mass is 463 g/mol. The fourth-order valence-corrected chi connectivity index (χ4v) is 5.14. The molecule has 164 valence electrons. The van der Waals surface area contributed by atoms with Gasteiger partial charge in [-0.05, 0) is 31.2 Å². The zero-order chi connectivity index (χ0) is 22.5. The number of rotatable bonds is 9. The summed E-state index contributed by atoms with van der Waals surface area (Å²) in [6, 6.07) is 14.1. The molecule has 9 nitrogen and oxygen atoms in total. The van der Waals surface area contributed by atoms with E-state index in [0.29, 0.717) is 0 Å². The van der Waals surface area contributed by atoms with Crippen molar-refractivity contribution in [2.24, 2.45) is 0 Å². The van der Waals surface area contributed by atoms with Gasteiger partial charge in [0.05, 0.1) is 21.3 Å². The van der Waals surface area contributed by atoms with Crippen LogP contribution in [0.2, 0.25) is 0 Å². The molecule has 11 heteroatoms. The highest BCUT2D eigenvalue weighted by Crippen LogP contribution is 2.15. The molecule has 1 amide bonds. The Morgan fingerprint density at radius 2 is 1.48 bits per heavy atom. The van der Waals surface area contributed by atoms with Crippen LogP contribution in [0.1, 0.15) is 17.9 Å². The minimum atomic E-state index is -3.60. The van der Waals surface area contributed by atoms with Crippen LogP contribution in [0, 0.1) is 6.92 Å². The molecule has 3 rings (SSSR count). The molecule has 1 aromatic heterocycles. The average Bonchev–Trinajstić information content (AvgIpc) is 3.19. The molecule has 2 aromatic carbocycles. The number of hydrogen-bond acceptors (Lipinski definition) is 8. The number of aryl methyl sites for hydroxylation is 2. The van der Waals surface area contributed by atoms with Crippen LogP contribution >= 0.6 is 0 Å². The number of carbonyl (C=O) groups excluding carboxylic acids is 1. The molecule has 0 radical (unpaired) electrons. The van der Waals surface area contributed by atoms with Crippen molar-refractivity contribution in [3.8, 4) is 0 Å². The van der Waals surface area contributed by atoms with Gasteiger partial charge in [-0.2, -0.15) is 0 Å². The minimum Gasteiger partial charge on any atom is -0.408 e. The van der Waals surface area contributed by atoms with Gasteiger partial charge in [0.2, 0.25) is 11.8 Å². The van der Waals surface area contributed by atoms with Crippen molar-refractivity contribution in [2.45, 2.75) is 29.6 Å². The lowest BCUT2D eigenvalue weighted by Crippen LogP contribution is -2.17. The van der Waals surface area contributed by atoms with E-state index in [1.54, 1.807) is 30.3 Å². The molecule has 0 unspecified atom stereocenters. The molecular weight excluding hydrogens is 442 g/mol. The van der Waals surface area contributed by atoms with Gasteiger partial charge >= 0.3 is 6.01 Å². The SMILES string of the molecule is Cc1ccc(S(=O)(=O)CCC(=O)Nc2nnc(CCS(=O)(=O)c3ccccc3)o2)cc1. The van der Waals surface area contributed by atoms with Gasteiger partial charge in [-0.15, -0.1) is 5.10 Å². The first-order valence-corrected chi connectivity index (χ1v) is 12.7. The molecule has 0 aliphatic rings. The summed E-state index contributed by atoms with van der Waals surface area (Å²) in [4.78, 5) is 12.4. The van der Waals surface area contributed by atoms with Crippen LogP contribution in [0.5, 0.6) is 0 Å². The summed E-state index contributed by atoms with van der Waals surface area (Å²) >= 11 is 0. The highest BCUT2D eigenvalue weighted by Gasteiger charge is 2.19. The number of nitrogens with one attached hydrogen (secondary N) is 1. The number of amides is 1. The van der Waals surface area contributed by atoms with Gasteiger partial charge in [0.15, 0.2) is 19.7 Å². The van der Waals surface area contributed by atoms with Gasteiger partial charge in [-0.25, -0.2) is 16.8 Å². The van der Waals surface area contributed by atoms with E-state index in [4.69, 9.17) is 4.42 Å². The third kappa shape index (κ3) is 6.22. The zero-order valence-corrected chi connectivity index (χ0v) is 18.3. The average molecular weight is 464 g/mol. The number of anilines is 1. The quantitative estimate of drug-likeness (QED) is 0.510. The maximum absolute atomic E-state index is 12.3. The topological polar surface area (TPSA) is 136 Å². The van der Waals surface area contributed by atoms with Crippen LogP contribution in [-0.2, 0) is 30.9 Å². The first-order valence-electron chi connectivity index (χ1n) is 9.35. The van der Waals surface area contributed by atoms with E-state index in [0.717, 1.165) is 5.56 Å². The fourth-order valence-electron chi connectivity index (χ4n) is 2.64. The molecule has 3 aromatic rings.